The molecule has 78 valence electrons. The summed E-state index contributed by atoms with van der Waals surface area (Å²) in [5.74, 6) is 0. The normalized spacial score (nSPS) is 10.5. The van der Waals surface area contributed by atoms with Gasteiger partial charge < -0.3 is 5.73 Å². The van der Waals surface area contributed by atoms with Crippen LogP contribution in [0.2, 0.25) is 0 Å². The maximum Gasteiger partial charge on any atom is 0.105 e. The number of aromatic nitrogens is 1. The summed E-state index contributed by atoms with van der Waals surface area (Å²) < 4.78 is 1.27. The van der Waals surface area contributed by atoms with Crippen LogP contribution in [-0.4, -0.2) is 11.5 Å². The van der Waals surface area contributed by atoms with E-state index >= 15 is 0 Å². The van der Waals surface area contributed by atoms with E-state index in [9.17, 15) is 0 Å². The first-order valence-corrected chi connectivity index (χ1v) is 6.45. The SMILES string of the molecule is NCCc1cccnc1Sc1cccs1. The molecule has 0 aliphatic rings. The summed E-state index contributed by atoms with van der Waals surface area (Å²) in [7, 11) is 0. The van der Waals surface area contributed by atoms with E-state index in [4.69, 9.17) is 5.73 Å². The lowest BCUT2D eigenvalue weighted by molar-refractivity contribution is 0.912. The first kappa shape index (κ1) is 10.7. The van der Waals surface area contributed by atoms with Crippen molar-refractivity contribution in [1.82, 2.24) is 4.98 Å². The van der Waals surface area contributed by atoms with Gasteiger partial charge in [0.05, 0.1) is 4.21 Å². The van der Waals surface area contributed by atoms with Crippen LogP contribution in [0.25, 0.3) is 0 Å². The van der Waals surface area contributed by atoms with Crippen molar-refractivity contribution in [3.8, 4) is 0 Å². The molecular weight excluding hydrogens is 224 g/mol. The molecule has 15 heavy (non-hydrogen) atoms. The van der Waals surface area contributed by atoms with Gasteiger partial charge in [-0.25, -0.2) is 4.98 Å². The molecule has 0 spiro atoms. The molecule has 0 aromatic carbocycles. The number of pyridine rings is 1. The van der Waals surface area contributed by atoms with Crippen LogP contribution in [0, 0.1) is 0 Å². The van der Waals surface area contributed by atoms with Gasteiger partial charge in [-0.2, -0.15) is 0 Å². The van der Waals surface area contributed by atoms with Crippen LogP contribution in [0.5, 0.6) is 0 Å². The van der Waals surface area contributed by atoms with Crippen LogP contribution in [0.3, 0.4) is 0 Å². The van der Waals surface area contributed by atoms with Gasteiger partial charge in [0.25, 0.3) is 0 Å². The van der Waals surface area contributed by atoms with Crippen molar-refractivity contribution in [1.29, 1.82) is 0 Å². The minimum atomic E-state index is 0.670. The second-order valence-corrected chi connectivity index (χ2v) is 5.28. The summed E-state index contributed by atoms with van der Waals surface area (Å²) in [6, 6.07) is 8.22. The Morgan fingerprint density at radius 1 is 1.33 bits per heavy atom. The van der Waals surface area contributed by atoms with Crippen molar-refractivity contribution in [2.75, 3.05) is 6.54 Å². The predicted molar refractivity (Wildman–Crippen MR) is 65.4 cm³/mol. The van der Waals surface area contributed by atoms with Crippen molar-refractivity contribution in [2.45, 2.75) is 15.7 Å². The standard InChI is InChI=1S/C11H12N2S2/c12-6-5-9-3-1-7-13-11(9)15-10-4-2-8-14-10/h1-4,7-8H,5-6,12H2. The third-order valence-electron chi connectivity index (χ3n) is 1.96. The number of nitrogens with zero attached hydrogens (tertiary/aromatic N) is 1. The van der Waals surface area contributed by atoms with Crippen molar-refractivity contribution >= 4 is 23.1 Å². The second kappa shape index (κ2) is 5.30. The molecule has 0 radical (unpaired) electrons. The van der Waals surface area contributed by atoms with Gasteiger partial charge in [0.15, 0.2) is 0 Å². The van der Waals surface area contributed by atoms with E-state index in [0.717, 1.165) is 11.4 Å². The number of rotatable bonds is 4. The first-order valence-electron chi connectivity index (χ1n) is 4.75. The summed E-state index contributed by atoms with van der Waals surface area (Å²) in [5, 5.41) is 3.15. The van der Waals surface area contributed by atoms with Crippen LogP contribution >= 0.6 is 23.1 Å². The quantitative estimate of drug-likeness (QED) is 0.887. The Balaban J connectivity index is 2.20. The zero-order valence-electron chi connectivity index (χ0n) is 8.22. The fourth-order valence-electron chi connectivity index (χ4n) is 1.28. The molecule has 0 bridgehead atoms. The van der Waals surface area contributed by atoms with Crippen molar-refractivity contribution in [2.24, 2.45) is 5.73 Å². The van der Waals surface area contributed by atoms with E-state index in [-0.39, 0.29) is 0 Å². The fraction of sp³-hybridized carbons (Fsp3) is 0.182. The molecule has 0 aliphatic carbocycles. The molecule has 4 heteroatoms. The third kappa shape index (κ3) is 2.81. The van der Waals surface area contributed by atoms with Crippen LogP contribution in [0.15, 0.2) is 45.1 Å². The molecule has 0 aliphatic heterocycles. The Morgan fingerprint density at radius 3 is 3.00 bits per heavy atom. The molecule has 0 amide bonds. The molecule has 0 saturated carbocycles. The lowest BCUT2D eigenvalue weighted by Gasteiger charge is -2.04. The van der Waals surface area contributed by atoms with Gasteiger partial charge in [-0.15, -0.1) is 11.3 Å². The van der Waals surface area contributed by atoms with E-state index < -0.39 is 0 Å². The highest BCUT2D eigenvalue weighted by atomic mass is 32.2. The molecule has 2 heterocycles. The van der Waals surface area contributed by atoms with Crippen molar-refractivity contribution in [3.63, 3.8) is 0 Å². The van der Waals surface area contributed by atoms with Gasteiger partial charge in [-0.1, -0.05) is 23.9 Å². The zero-order valence-corrected chi connectivity index (χ0v) is 9.85. The monoisotopic (exact) mass is 236 g/mol. The van der Waals surface area contributed by atoms with Crippen LogP contribution in [-0.2, 0) is 6.42 Å². The molecule has 2 N–H and O–H groups in total. The molecule has 2 aromatic heterocycles. The maximum atomic E-state index is 5.57. The summed E-state index contributed by atoms with van der Waals surface area (Å²) in [6.45, 7) is 0.670. The van der Waals surface area contributed by atoms with E-state index in [1.807, 2.05) is 12.3 Å². The summed E-state index contributed by atoms with van der Waals surface area (Å²) in [6.07, 6.45) is 2.72. The maximum absolute atomic E-state index is 5.57. The highest BCUT2D eigenvalue weighted by molar-refractivity contribution is 8.01. The Bertz CT molecular complexity index is 412. The number of hydrogen-bond donors (Lipinski definition) is 1. The minimum Gasteiger partial charge on any atom is -0.330 e. The average Bonchev–Trinajstić information content (AvgIpc) is 2.74. The summed E-state index contributed by atoms with van der Waals surface area (Å²) in [5.41, 5.74) is 6.80. The van der Waals surface area contributed by atoms with Crippen LogP contribution in [0.1, 0.15) is 5.56 Å². The fourth-order valence-corrected chi connectivity index (χ4v) is 3.07. The molecule has 0 unspecified atom stereocenters. The zero-order chi connectivity index (χ0) is 10.5. The van der Waals surface area contributed by atoms with Crippen molar-refractivity contribution in [3.05, 3.63) is 41.4 Å². The van der Waals surface area contributed by atoms with Gasteiger partial charge in [-0.05, 0) is 36.0 Å². The molecule has 0 saturated heterocycles. The van der Waals surface area contributed by atoms with Crippen LogP contribution < -0.4 is 5.73 Å². The van der Waals surface area contributed by atoms with E-state index in [2.05, 4.69) is 28.6 Å². The third-order valence-corrected chi connectivity index (χ3v) is 4.05. The Hall–Kier alpha value is -0.840. The van der Waals surface area contributed by atoms with Crippen molar-refractivity contribution < 1.29 is 0 Å². The first-order chi connectivity index (χ1) is 7.40. The Labute approximate surface area is 97.5 Å². The number of hydrogen-bond acceptors (Lipinski definition) is 4. The average molecular weight is 236 g/mol. The minimum absolute atomic E-state index is 0.670. The van der Waals surface area contributed by atoms with E-state index in [1.165, 1.54) is 9.77 Å². The number of nitrogens with two attached hydrogens (primary N) is 1. The molecular formula is C11H12N2S2. The molecule has 2 nitrogen and oxygen atoms in total. The van der Waals surface area contributed by atoms with Gasteiger partial charge in [-0.3, -0.25) is 0 Å². The highest BCUT2D eigenvalue weighted by Gasteiger charge is 2.05. The van der Waals surface area contributed by atoms with E-state index in [1.54, 1.807) is 23.1 Å². The topological polar surface area (TPSA) is 38.9 Å². The Kier molecular flexibility index (Phi) is 3.77. The molecule has 2 aromatic rings. The summed E-state index contributed by atoms with van der Waals surface area (Å²) in [4.78, 5) is 4.39. The van der Waals surface area contributed by atoms with Crippen LogP contribution in [0.4, 0.5) is 0 Å². The summed E-state index contributed by atoms with van der Waals surface area (Å²) >= 11 is 3.45. The second-order valence-electron chi connectivity index (χ2n) is 3.04. The van der Waals surface area contributed by atoms with Gasteiger partial charge >= 0.3 is 0 Å². The Morgan fingerprint density at radius 2 is 2.27 bits per heavy atom. The van der Waals surface area contributed by atoms with E-state index in [0.29, 0.717) is 6.54 Å². The lowest BCUT2D eigenvalue weighted by atomic mass is 10.2. The highest BCUT2D eigenvalue weighted by Crippen LogP contribution is 2.31. The molecule has 0 atom stereocenters. The molecule has 0 fully saturated rings. The van der Waals surface area contributed by atoms with Gasteiger partial charge in [0.2, 0.25) is 0 Å². The molecule has 2 rings (SSSR count). The smallest absolute Gasteiger partial charge is 0.105 e. The van der Waals surface area contributed by atoms with Gasteiger partial charge in [0.1, 0.15) is 5.03 Å². The van der Waals surface area contributed by atoms with Gasteiger partial charge in [0, 0.05) is 6.20 Å². The number of thiophene rings is 1. The predicted octanol–water partition coefficient (Wildman–Crippen LogP) is 2.80. The lowest BCUT2D eigenvalue weighted by Crippen LogP contribution is -2.04. The largest absolute Gasteiger partial charge is 0.330 e.